The van der Waals surface area contributed by atoms with Gasteiger partial charge in [0.2, 0.25) is 0 Å². The first-order valence-corrected chi connectivity index (χ1v) is 8.90. The van der Waals surface area contributed by atoms with Gasteiger partial charge in [-0.1, -0.05) is 19.9 Å². The maximum atomic E-state index is 14.8. The normalized spacial score (nSPS) is 15.9. The average Bonchev–Trinajstić information content (AvgIpc) is 3.04. The molecule has 27 heavy (non-hydrogen) atoms. The summed E-state index contributed by atoms with van der Waals surface area (Å²) in [5.41, 5.74) is 9.02. The molecule has 0 radical (unpaired) electrons. The van der Waals surface area contributed by atoms with Gasteiger partial charge in [-0.2, -0.15) is 10.2 Å². The van der Waals surface area contributed by atoms with Gasteiger partial charge in [-0.15, -0.1) is 6.58 Å². The van der Waals surface area contributed by atoms with Crippen LogP contribution in [0.2, 0.25) is 0 Å². The van der Waals surface area contributed by atoms with E-state index in [0.29, 0.717) is 41.8 Å². The van der Waals surface area contributed by atoms with Crippen LogP contribution in [0.5, 0.6) is 0 Å². The summed E-state index contributed by atoms with van der Waals surface area (Å²) in [5.74, 6) is -0.225. The number of aryl methyl sites for hydroxylation is 1. The Morgan fingerprint density at radius 2 is 2.07 bits per heavy atom. The minimum absolute atomic E-state index is 0.0903. The number of carbonyl (C=O) groups excluding carboxylic acids is 1. The van der Waals surface area contributed by atoms with Crippen molar-refractivity contribution in [2.75, 3.05) is 5.73 Å². The van der Waals surface area contributed by atoms with Crippen LogP contribution >= 0.6 is 0 Å². The predicted molar refractivity (Wildman–Crippen MR) is 103 cm³/mol. The van der Waals surface area contributed by atoms with Gasteiger partial charge in [0.05, 0.1) is 40.1 Å². The molecular weight excluding hydrogens is 345 g/mol. The van der Waals surface area contributed by atoms with Crippen molar-refractivity contribution in [3.8, 4) is 5.69 Å². The topological polar surface area (TPSA) is 78.7 Å². The monoisotopic (exact) mass is 367 g/mol. The summed E-state index contributed by atoms with van der Waals surface area (Å²) < 4.78 is 18.1. The van der Waals surface area contributed by atoms with Crippen molar-refractivity contribution in [3.63, 3.8) is 0 Å². The van der Waals surface area contributed by atoms with Gasteiger partial charge in [0.15, 0.2) is 11.6 Å². The molecule has 6 nitrogen and oxygen atoms in total. The van der Waals surface area contributed by atoms with Crippen molar-refractivity contribution in [2.24, 2.45) is 5.41 Å². The molecule has 0 fully saturated rings. The Labute approximate surface area is 156 Å². The first-order chi connectivity index (χ1) is 12.7. The predicted octanol–water partition coefficient (Wildman–Crippen LogP) is 3.59. The number of benzene rings is 1. The third-order valence-electron chi connectivity index (χ3n) is 5.08. The lowest BCUT2D eigenvalue weighted by Crippen LogP contribution is -2.28. The number of carbonyl (C=O) groups is 1. The molecule has 0 unspecified atom stereocenters. The fraction of sp³-hybridized carbons (Fsp3) is 0.350. The fourth-order valence-corrected chi connectivity index (χ4v) is 4.01. The molecule has 1 aliphatic rings. The van der Waals surface area contributed by atoms with Gasteiger partial charge >= 0.3 is 0 Å². The smallest absolute Gasteiger partial charge is 0.167 e. The Balaban J connectivity index is 1.96. The summed E-state index contributed by atoms with van der Waals surface area (Å²) in [6.07, 6.45) is 2.86. The van der Waals surface area contributed by atoms with Crippen LogP contribution in [0.4, 0.5) is 10.2 Å². The number of fused-ring (bicyclic) bond motifs is 2. The minimum Gasteiger partial charge on any atom is -0.382 e. The highest BCUT2D eigenvalue weighted by Crippen LogP contribution is 2.37. The zero-order valence-electron chi connectivity index (χ0n) is 15.7. The summed E-state index contributed by atoms with van der Waals surface area (Å²) in [6.45, 7) is 10.1. The lowest BCUT2D eigenvalue weighted by Gasteiger charge is -2.29. The highest BCUT2D eigenvalue weighted by atomic mass is 19.1. The summed E-state index contributed by atoms with van der Waals surface area (Å²) >= 11 is 0. The largest absolute Gasteiger partial charge is 0.382 e. The molecular formula is C20H22FN5O. The van der Waals surface area contributed by atoms with E-state index in [9.17, 15) is 9.18 Å². The Bertz CT molecular complexity index is 1110. The number of rotatable bonds is 3. The number of allylic oxidation sites excluding steroid dienone is 1. The van der Waals surface area contributed by atoms with E-state index in [4.69, 9.17) is 5.73 Å². The molecule has 2 N–H and O–H groups in total. The van der Waals surface area contributed by atoms with Crippen molar-refractivity contribution in [3.05, 3.63) is 47.6 Å². The Hall–Kier alpha value is -2.96. The summed E-state index contributed by atoms with van der Waals surface area (Å²) in [5, 5.41) is 9.05. The van der Waals surface area contributed by atoms with Crippen LogP contribution < -0.4 is 5.73 Å². The molecule has 2 heterocycles. The molecule has 0 saturated heterocycles. The number of hydrogen-bond acceptors (Lipinski definition) is 4. The van der Waals surface area contributed by atoms with Crippen LogP contribution in [0.3, 0.4) is 0 Å². The molecule has 140 valence electrons. The Morgan fingerprint density at radius 3 is 2.78 bits per heavy atom. The van der Waals surface area contributed by atoms with E-state index in [1.54, 1.807) is 15.4 Å². The van der Waals surface area contributed by atoms with Gasteiger partial charge in [0.1, 0.15) is 5.82 Å². The van der Waals surface area contributed by atoms with Gasteiger partial charge < -0.3 is 5.73 Å². The van der Waals surface area contributed by atoms with E-state index in [1.165, 1.54) is 6.07 Å². The molecule has 0 amide bonds. The number of aromatic nitrogens is 4. The van der Waals surface area contributed by atoms with Gasteiger partial charge in [-0.05, 0) is 24.8 Å². The first kappa shape index (κ1) is 17.5. The van der Waals surface area contributed by atoms with Gasteiger partial charge in [-0.3, -0.25) is 9.48 Å². The molecule has 0 spiro atoms. The average molecular weight is 367 g/mol. The number of ketones is 1. The van der Waals surface area contributed by atoms with Crippen LogP contribution in [0, 0.1) is 18.2 Å². The van der Waals surface area contributed by atoms with E-state index >= 15 is 0 Å². The van der Waals surface area contributed by atoms with E-state index in [2.05, 4.69) is 30.6 Å². The molecule has 1 aromatic carbocycles. The van der Waals surface area contributed by atoms with Crippen molar-refractivity contribution < 1.29 is 9.18 Å². The van der Waals surface area contributed by atoms with E-state index in [1.807, 2.05) is 13.0 Å². The van der Waals surface area contributed by atoms with Gasteiger partial charge in [0.25, 0.3) is 0 Å². The van der Waals surface area contributed by atoms with Crippen LogP contribution in [0.15, 0.2) is 24.8 Å². The molecule has 3 aromatic rings. The number of nitrogens with two attached hydrogens (primary N) is 1. The number of halogens is 1. The molecule has 4 rings (SSSR count). The van der Waals surface area contributed by atoms with Crippen molar-refractivity contribution in [1.29, 1.82) is 0 Å². The van der Waals surface area contributed by atoms with E-state index < -0.39 is 5.82 Å². The molecule has 0 saturated carbocycles. The van der Waals surface area contributed by atoms with E-state index in [-0.39, 0.29) is 22.4 Å². The third kappa shape index (κ3) is 2.65. The molecule has 1 aliphatic carbocycles. The molecule has 0 bridgehead atoms. The van der Waals surface area contributed by atoms with Crippen molar-refractivity contribution in [2.45, 2.75) is 40.2 Å². The molecule has 0 aliphatic heterocycles. The fourth-order valence-electron chi connectivity index (χ4n) is 4.01. The zero-order valence-corrected chi connectivity index (χ0v) is 15.7. The Kier molecular flexibility index (Phi) is 3.73. The quantitative estimate of drug-likeness (QED) is 0.718. The SMILES string of the molecule is C=CCn1nc(N)c2c(F)cc(-n3nc(C)c4c3CC(C)(C)CC4=O)cc21. The molecule has 7 heteroatoms. The first-order valence-electron chi connectivity index (χ1n) is 8.90. The number of nitrogens with zero attached hydrogens (tertiary/aromatic N) is 4. The van der Waals surface area contributed by atoms with Crippen molar-refractivity contribution in [1.82, 2.24) is 19.6 Å². The summed E-state index contributed by atoms with van der Waals surface area (Å²) in [4.78, 5) is 12.6. The lowest BCUT2D eigenvalue weighted by molar-refractivity contribution is 0.0910. The van der Waals surface area contributed by atoms with Gasteiger partial charge in [-0.25, -0.2) is 9.07 Å². The van der Waals surface area contributed by atoms with Crippen molar-refractivity contribution >= 4 is 22.5 Å². The minimum atomic E-state index is -0.460. The van der Waals surface area contributed by atoms with Crippen LogP contribution in [0.1, 0.15) is 42.0 Å². The summed E-state index contributed by atoms with van der Waals surface area (Å²) in [7, 11) is 0. The zero-order chi connectivity index (χ0) is 19.5. The van der Waals surface area contributed by atoms with Crippen LogP contribution in [0.25, 0.3) is 16.6 Å². The maximum Gasteiger partial charge on any atom is 0.167 e. The second-order valence-electron chi connectivity index (χ2n) is 7.94. The number of anilines is 1. The lowest BCUT2D eigenvalue weighted by atomic mass is 9.75. The van der Waals surface area contributed by atoms with E-state index in [0.717, 1.165) is 5.69 Å². The number of Topliss-reactive ketones (excluding diaryl/α,β-unsaturated/α-hetero) is 1. The summed E-state index contributed by atoms with van der Waals surface area (Å²) in [6, 6.07) is 3.21. The second-order valence-corrected chi connectivity index (χ2v) is 7.94. The number of hydrogen-bond donors (Lipinski definition) is 1. The number of nitrogen functional groups attached to an aromatic ring is 1. The molecule has 2 aromatic heterocycles. The highest BCUT2D eigenvalue weighted by Gasteiger charge is 2.36. The maximum absolute atomic E-state index is 14.8. The molecule has 0 atom stereocenters. The van der Waals surface area contributed by atoms with Gasteiger partial charge in [0, 0.05) is 12.5 Å². The Morgan fingerprint density at radius 1 is 1.33 bits per heavy atom. The highest BCUT2D eigenvalue weighted by molar-refractivity contribution is 6.00. The standard InChI is InChI=1S/C20H22FN5O/c1-5-6-25-14-8-12(7-13(21)18(14)19(22)24-25)26-15-9-20(3,4)10-16(27)17(15)11(2)23-26/h5,7-8H,1,6,9-10H2,2-4H3,(H2,22,24). The van der Waals surface area contributed by atoms with Crippen LogP contribution in [-0.2, 0) is 13.0 Å². The second kappa shape index (κ2) is 5.77. The van der Waals surface area contributed by atoms with Crippen LogP contribution in [-0.4, -0.2) is 25.3 Å². The third-order valence-corrected chi connectivity index (χ3v) is 5.08.